The molecule has 0 bridgehead atoms. The molecule has 0 fully saturated rings. The number of carbonyl (C=O) groups excluding carboxylic acids is 1. The van der Waals surface area contributed by atoms with E-state index in [1.165, 1.54) is 29.9 Å². The van der Waals surface area contributed by atoms with Gasteiger partial charge >= 0.3 is 6.03 Å². The summed E-state index contributed by atoms with van der Waals surface area (Å²) < 4.78 is 6.09. The number of urea groups is 1. The number of nitrogens with one attached hydrogen (secondary N) is 2. The molecule has 0 saturated heterocycles. The Balaban J connectivity index is 1.74. The lowest BCUT2D eigenvalue weighted by Gasteiger charge is -2.02. The number of methoxy groups -OCH3 is 1. The van der Waals surface area contributed by atoms with Crippen molar-refractivity contribution in [2.75, 3.05) is 17.7 Å². The summed E-state index contributed by atoms with van der Waals surface area (Å²) in [5.41, 5.74) is 0.801. The first-order valence-electron chi connectivity index (χ1n) is 6.03. The zero-order chi connectivity index (χ0) is 14.7. The molecule has 2 amide bonds. The Labute approximate surface area is 124 Å². The van der Waals surface area contributed by atoms with Gasteiger partial charge in [-0.2, -0.15) is 0 Å². The first-order chi connectivity index (χ1) is 10.2. The Morgan fingerprint density at radius 2 is 2.19 bits per heavy atom. The molecule has 8 heteroatoms. The van der Waals surface area contributed by atoms with Crippen LogP contribution in [0.3, 0.4) is 0 Å². The molecule has 0 aliphatic rings. The number of amides is 2. The van der Waals surface area contributed by atoms with E-state index in [-0.39, 0.29) is 0 Å². The van der Waals surface area contributed by atoms with Gasteiger partial charge in [0.25, 0.3) is 0 Å². The molecule has 2 N–H and O–H groups in total. The molecule has 0 atom stereocenters. The van der Waals surface area contributed by atoms with Gasteiger partial charge in [-0.1, -0.05) is 11.3 Å². The van der Waals surface area contributed by atoms with Crippen LogP contribution in [0.5, 0.6) is 5.75 Å². The van der Waals surface area contributed by atoms with Crippen LogP contribution in [0.15, 0.2) is 36.8 Å². The fourth-order valence-electron chi connectivity index (χ4n) is 1.69. The quantitative estimate of drug-likeness (QED) is 0.776. The maximum atomic E-state index is 11.8. The molecule has 106 valence electrons. The zero-order valence-corrected chi connectivity index (χ0v) is 11.8. The Hall–Kier alpha value is -2.74. The van der Waals surface area contributed by atoms with Crippen LogP contribution in [0, 0.1) is 0 Å². The van der Waals surface area contributed by atoms with Gasteiger partial charge in [-0.15, -0.1) is 0 Å². The second kappa shape index (κ2) is 5.71. The van der Waals surface area contributed by atoms with Crippen molar-refractivity contribution in [3.05, 3.63) is 36.8 Å². The van der Waals surface area contributed by atoms with E-state index in [9.17, 15) is 4.79 Å². The smallest absolute Gasteiger partial charge is 0.326 e. The van der Waals surface area contributed by atoms with Crippen molar-refractivity contribution in [3.8, 4) is 5.75 Å². The lowest BCUT2D eigenvalue weighted by Crippen LogP contribution is -2.19. The van der Waals surface area contributed by atoms with Gasteiger partial charge in [-0.25, -0.2) is 14.8 Å². The third-order valence-corrected chi connectivity index (χ3v) is 3.55. The summed E-state index contributed by atoms with van der Waals surface area (Å²) in [5.74, 6) is 1.12. The number of hydrogen-bond acceptors (Lipinski definition) is 6. The van der Waals surface area contributed by atoms with E-state index < -0.39 is 6.03 Å². The van der Waals surface area contributed by atoms with Gasteiger partial charge in [-0.3, -0.25) is 15.6 Å². The molecule has 1 aromatic carbocycles. The fraction of sp³-hybridized carbons (Fsp3) is 0.0769. The average Bonchev–Trinajstić information content (AvgIpc) is 2.89. The molecular formula is C13H11N5O2S. The zero-order valence-electron chi connectivity index (χ0n) is 11.0. The van der Waals surface area contributed by atoms with E-state index in [0.717, 1.165) is 16.0 Å². The van der Waals surface area contributed by atoms with Crippen molar-refractivity contribution in [3.63, 3.8) is 0 Å². The Bertz CT molecular complexity index is 775. The second-order valence-electron chi connectivity index (χ2n) is 4.02. The van der Waals surface area contributed by atoms with Gasteiger partial charge < -0.3 is 4.74 Å². The summed E-state index contributed by atoms with van der Waals surface area (Å²) in [4.78, 5) is 24.0. The average molecular weight is 301 g/mol. The van der Waals surface area contributed by atoms with Gasteiger partial charge in [0.15, 0.2) is 10.9 Å². The van der Waals surface area contributed by atoms with Gasteiger partial charge in [0.1, 0.15) is 5.75 Å². The van der Waals surface area contributed by atoms with Crippen LogP contribution >= 0.6 is 11.3 Å². The molecule has 3 rings (SSSR count). The minimum atomic E-state index is -0.415. The number of aromatic nitrogens is 3. The van der Waals surface area contributed by atoms with Crippen molar-refractivity contribution in [2.45, 2.75) is 0 Å². The van der Waals surface area contributed by atoms with Crippen LogP contribution in [-0.2, 0) is 0 Å². The van der Waals surface area contributed by atoms with E-state index in [2.05, 4.69) is 25.6 Å². The van der Waals surface area contributed by atoms with Crippen LogP contribution in [0.2, 0.25) is 0 Å². The molecule has 7 nitrogen and oxygen atoms in total. The normalized spacial score (nSPS) is 10.3. The lowest BCUT2D eigenvalue weighted by molar-refractivity contribution is 0.262. The van der Waals surface area contributed by atoms with Crippen LogP contribution in [0.25, 0.3) is 10.2 Å². The minimum Gasteiger partial charge on any atom is -0.497 e. The lowest BCUT2D eigenvalue weighted by atomic mass is 10.3. The van der Waals surface area contributed by atoms with Gasteiger partial charge in [0, 0.05) is 12.4 Å². The summed E-state index contributed by atoms with van der Waals surface area (Å²) in [7, 11) is 1.61. The van der Waals surface area contributed by atoms with E-state index in [1.807, 2.05) is 18.2 Å². The Morgan fingerprint density at radius 1 is 1.29 bits per heavy atom. The molecule has 0 saturated carbocycles. The third kappa shape index (κ3) is 3.06. The first-order valence-corrected chi connectivity index (χ1v) is 6.85. The topological polar surface area (TPSA) is 89.0 Å². The highest BCUT2D eigenvalue weighted by Crippen LogP contribution is 2.29. The number of fused-ring (bicyclic) bond motifs is 1. The molecule has 3 aromatic rings. The van der Waals surface area contributed by atoms with Crippen LogP contribution < -0.4 is 15.4 Å². The monoisotopic (exact) mass is 301 g/mol. The number of hydrogen-bond donors (Lipinski definition) is 2. The minimum absolute atomic E-state index is 0.373. The first kappa shape index (κ1) is 13.3. The number of benzene rings is 1. The second-order valence-corrected chi connectivity index (χ2v) is 5.05. The largest absolute Gasteiger partial charge is 0.497 e. The van der Waals surface area contributed by atoms with E-state index in [1.54, 1.807) is 7.11 Å². The van der Waals surface area contributed by atoms with Crippen molar-refractivity contribution >= 4 is 38.5 Å². The van der Waals surface area contributed by atoms with E-state index in [4.69, 9.17) is 4.74 Å². The molecule has 2 heterocycles. The molecule has 0 aliphatic heterocycles. The summed E-state index contributed by atoms with van der Waals surface area (Å²) >= 11 is 1.37. The number of rotatable bonds is 3. The van der Waals surface area contributed by atoms with Crippen molar-refractivity contribution in [1.82, 2.24) is 15.0 Å². The molecule has 21 heavy (non-hydrogen) atoms. The number of anilines is 2. The van der Waals surface area contributed by atoms with Crippen LogP contribution in [0.1, 0.15) is 0 Å². The highest BCUT2D eigenvalue weighted by Gasteiger charge is 2.09. The molecular weight excluding hydrogens is 290 g/mol. The van der Waals surface area contributed by atoms with Crippen molar-refractivity contribution < 1.29 is 9.53 Å². The van der Waals surface area contributed by atoms with Crippen molar-refractivity contribution in [2.24, 2.45) is 0 Å². The van der Waals surface area contributed by atoms with E-state index >= 15 is 0 Å². The SMILES string of the molecule is COc1ccc2nc(NC(=O)Nc3cnccn3)sc2c1. The van der Waals surface area contributed by atoms with Gasteiger partial charge in [0.2, 0.25) is 0 Å². The molecule has 0 spiro atoms. The van der Waals surface area contributed by atoms with Crippen LogP contribution in [0.4, 0.5) is 15.7 Å². The number of nitrogens with zero attached hydrogens (tertiary/aromatic N) is 3. The van der Waals surface area contributed by atoms with E-state index in [0.29, 0.717) is 10.9 Å². The predicted octanol–water partition coefficient (Wildman–Crippen LogP) is 2.74. The summed E-state index contributed by atoms with van der Waals surface area (Å²) in [6, 6.07) is 5.13. The maximum Gasteiger partial charge on any atom is 0.326 e. The molecule has 0 aliphatic carbocycles. The molecule has 0 unspecified atom stereocenters. The maximum absolute atomic E-state index is 11.8. The van der Waals surface area contributed by atoms with Gasteiger partial charge in [0.05, 0.1) is 23.5 Å². The highest BCUT2D eigenvalue weighted by atomic mass is 32.1. The Kier molecular flexibility index (Phi) is 3.61. The standard InChI is InChI=1S/C13H11N5O2S/c1-20-8-2-3-9-10(6-8)21-13(16-9)18-12(19)17-11-7-14-4-5-15-11/h2-7H,1H3,(H2,15,16,17,18,19). The number of ether oxygens (including phenoxy) is 1. The summed E-state index contributed by atoms with van der Waals surface area (Å²) in [5, 5.41) is 5.74. The molecule has 0 radical (unpaired) electrons. The van der Waals surface area contributed by atoms with Crippen LogP contribution in [-0.4, -0.2) is 28.1 Å². The molecule has 2 aromatic heterocycles. The summed E-state index contributed by atoms with van der Waals surface area (Å²) in [6.07, 6.45) is 4.49. The fourth-order valence-corrected chi connectivity index (χ4v) is 2.58. The number of thiazole rings is 1. The van der Waals surface area contributed by atoms with Crippen molar-refractivity contribution in [1.29, 1.82) is 0 Å². The predicted molar refractivity (Wildman–Crippen MR) is 80.8 cm³/mol. The third-order valence-electron chi connectivity index (χ3n) is 2.62. The number of carbonyl (C=O) groups is 1. The highest BCUT2D eigenvalue weighted by molar-refractivity contribution is 7.22. The summed E-state index contributed by atoms with van der Waals surface area (Å²) in [6.45, 7) is 0. The van der Waals surface area contributed by atoms with Gasteiger partial charge in [-0.05, 0) is 18.2 Å². The Morgan fingerprint density at radius 3 is 2.95 bits per heavy atom.